The minimum absolute atomic E-state index is 0.0334. The molecule has 27 heavy (non-hydrogen) atoms. The SMILES string of the molecule is NC(=O)NCC1CCN(C(=O)/C=C/c2cn(Cc3ccccc3)nn2)CC1. The van der Waals surface area contributed by atoms with E-state index >= 15 is 0 Å². The summed E-state index contributed by atoms with van der Waals surface area (Å²) in [6.45, 7) is 2.56. The summed E-state index contributed by atoms with van der Waals surface area (Å²) in [5, 5.41) is 10.8. The summed E-state index contributed by atoms with van der Waals surface area (Å²) >= 11 is 0. The Labute approximate surface area is 158 Å². The maximum atomic E-state index is 12.3. The van der Waals surface area contributed by atoms with Crippen LogP contribution in [0.25, 0.3) is 6.08 Å². The van der Waals surface area contributed by atoms with Gasteiger partial charge in [0.15, 0.2) is 0 Å². The van der Waals surface area contributed by atoms with Gasteiger partial charge in [-0.05, 0) is 30.4 Å². The van der Waals surface area contributed by atoms with Gasteiger partial charge in [-0.3, -0.25) is 4.79 Å². The number of aromatic nitrogens is 3. The van der Waals surface area contributed by atoms with Gasteiger partial charge in [-0.25, -0.2) is 9.48 Å². The van der Waals surface area contributed by atoms with Crippen LogP contribution in [0.2, 0.25) is 0 Å². The number of amides is 3. The fourth-order valence-electron chi connectivity index (χ4n) is 3.10. The van der Waals surface area contributed by atoms with Gasteiger partial charge in [0.2, 0.25) is 5.91 Å². The molecule has 3 amide bonds. The topological polar surface area (TPSA) is 106 Å². The van der Waals surface area contributed by atoms with Gasteiger partial charge in [-0.1, -0.05) is 35.5 Å². The standard InChI is InChI=1S/C19H24N6O2/c20-19(27)21-12-15-8-10-24(11-9-15)18(26)7-6-17-14-25(23-22-17)13-16-4-2-1-3-5-16/h1-7,14-15H,8-13H2,(H3,20,21,27)/b7-6+. The van der Waals surface area contributed by atoms with E-state index in [9.17, 15) is 9.59 Å². The molecule has 0 saturated carbocycles. The van der Waals surface area contributed by atoms with Crippen LogP contribution in [0.15, 0.2) is 42.6 Å². The summed E-state index contributed by atoms with van der Waals surface area (Å²) in [5.74, 6) is 0.331. The van der Waals surface area contributed by atoms with Crippen molar-refractivity contribution in [1.82, 2.24) is 25.2 Å². The first-order valence-electron chi connectivity index (χ1n) is 9.04. The van der Waals surface area contributed by atoms with Gasteiger partial charge < -0.3 is 16.0 Å². The lowest BCUT2D eigenvalue weighted by atomic mass is 9.97. The molecule has 1 aromatic carbocycles. The normalized spacial score (nSPS) is 15.2. The Morgan fingerprint density at radius 2 is 1.96 bits per heavy atom. The number of hydrogen-bond donors (Lipinski definition) is 2. The highest BCUT2D eigenvalue weighted by Gasteiger charge is 2.21. The number of nitrogens with zero attached hydrogens (tertiary/aromatic N) is 4. The molecule has 1 aliphatic heterocycles. The second kappa shape index (κ2) is 8.98. The quantitative estimate of drug-likeness (QED) is 0.748. The van der Waals surface area contributed by atoms with E-state index in [1.54, 1.807) is 16.8 Å². The first-order chi connectivity index (χ1) is 13.1. The van der Waals surface area contributed by atoms with Crippen LogP contribution in [0, 0.1) is 5.92 Å². The van der Waals surface area contributed by atoms with Crippen LogP contribution >= 0.6 is 0 Å². The van der Waals surface area contributed by atoms with E-state index in [2.05, 4.69) is 15.6 Å². The summed E-state index contributed by atoms with van der Waals surface area (Å²) in [6, 6.07) is 9.50. The maximum Gasteiger partial charge on any atom is 0.312 e. The molecule has 0 unspecified atom stereocenters. The fourth-order valence-corrected chi connectivity index (χ4v) is 3.10. The van der Waals surface area contributed by atoms with E-state index in [0.29, 0.717) is 37.8 Å². The second-order valence-electron chi connectivity index (χ2n) is 6.67. The highest BCUT2D eigenvalue weighted by atomic mass is 16.2. The van der Waals surface area contributed by atoms with Crippen LogP contribution in [0.5, 0.6) is 0 Å². The van der Waals surface area contributed by atoms with E-state index in [-0.39, 0.29) is 5.91 Å². The molecule has 142 valence electrons. The van der Waals surface area contributed by atoms with Gasteiger partial charge >= 0.3 is 6.03 Å². The molecule has 3 rings (SSSR count). The molecular formula is C19H24N6O2. The molecule has 0 bridgehead atoms. The van der Waals surface area contributed by atoms with Crippen LogP contribution in [0.3, 0.4) is 0 Å². The Balaban J connectivity index is 1.47. The number of hydrogen-bond acceptors (Lipinski definition) is 4. The van der Waals surface area contributed by atoms with Crippen molar-refractivity contribution in [3.8, 4) is 0 Å². The first-order valence-corrected chi connectivity index (χ1v) is 9.04. The number of carbonyl (C=O) groups excluding carboxylic acids is 2. The fraction of sp³-hybridized carbons (Fsp3) is 0.368. The van der Waals surface area contributed by atoms with Gasteiger partial charge in [0, 0.05) is 25.7 Å². The average molecular weight is 368 g/mol. The molecular weight excluding hydrogens is 344 g/mol. The molecule has 1 saturated heterocycles. The molecule has 1 aromatic heterocycles. The highest BCUT2D eigenvalue weighted by molar-refractivity contribution is 5.91. The molecule has 1 aliphatic rings. The van der Waals surface area contributed by atoms with E-state index < -0.39 is 6.03 Å². The van der Waals surface area contributed by atoms with Crippen molar-refractivity contribution in [3.63, 3.8) is 0 Å². The third kappa shape index (κ3) is 5.67. The summed E-state index contributed by atoms with van der Waals surface area (Å²) in [7, 11) is 0. The molecule has 8 heteroatoms. The predicted octanol–water partition coefficient (Wildman–Crippen LogP) is 1.25. The number of likely N-dealkylation sites (tertiary alicyclic amines) is 1. The molecule has 0 radical (unpaired) electrons. The number of urea groups is 1. The van der Waals surface area contributed by atoms with Gasteiger partial charge in [-0.15, -0.1) is 5.10 Å². The van der Waals surface area contributed by atoms with E-state index in [0.717, 1.165) is 18.4 Å². The number of primary amides is 1. The van der Waals surface area contributed by atoms with Gasteiger partial charge in [0.1, 0.15) is 5.69 Å². The maximum absolute atomic E-state index is 12.3. The van der Waals surface area contributed by atoms with Crippen molar-refractivity contribution in [1.29, 1.82) is 0 Å². The van der Waals surface area contributed by atoms with Gasteiger partial charge in [-0.2, -0.15) is 0 Å². The van der Waals surface area contributed by atoms with Crippen molar-refractivity contribution in [3.05, 3.63) is 53.9 Å². The Morgan fingerprint density at radius 1 is 1.22 bits per heavy atom. The average Bonchev–Trinajstić information content (AvgIpc) is 3.13. The van der Waals surface area contributed by atoms with Crippen LogP contribution in [-0.4, -0.2) is 51.5 Å². The first kappa shape index (κ1) is 18.6. The summed E-state index contributed by atoms with van der Waals surface area (Å²) < 4.78 is 1.75. The molecule has 0 aliphatic carbocycles. The monoisotopic (exact) mass is 368 g/mol. The van der Waals surface area contributed by atoms with Crippen molar-refractivity contribution in [2.75, 3.05) is 19.6 Å². The molecule has 2 heterocycles. The minimum Gasteiger partial charge on any atom is -0.352 e. The number of benzene rings is 1. The van der Waals surface area contributed by atoms with Crippen molar-refractivity contribution < 1.29 is 9.59 Å². The highest BCUT2D eigenvalue weighted by Crippen LogP contribution is 2.16. The number of piperidine rings is 1. The minimum atomic E-state index is -0.503. The zero-order valence-electron chi connectivity index (χ0n) is 15.1. The molecule has 0 atom stereocenters. The lowest BCUT2D eigenvalue weighted by Crippen LogP contribution is -2.41. The molecule has 1 fully saturated rings. The lowest BCUT2D eigenvalue weighted by molar-refractivity contribution is -0.127. The van der Waals surface area contributed by atoms with E-state index in [1.165, 1.54) is 0 Å². The van der Waals surface area contributed by atoms with Crippen molar-refractivity contribution >= 4 is 18.0 Å². The Bertz CT molecular complexity index is 794. The predicted molar refractivity (Wildman–Crippen MR) is 101 cm³/mol. The molecule has 2 aromatic rings. The number of nitrogens with two attached hydrogens (primary N) is 1. The van der Waals surface area contributed by atoms with Crippen molar-refractivity contribution in [2.45, 2.75) is 19.4 Å². The molecule has 0 spiro atoms. The van der Waals surface area contributed by atoms with Crippen LogP contribution in [0.4, 0.5) is 4.79 Å². The largest absolute Gasteiger partial charge is 0.352 e. The summed E-state index contributed by atoms with van der Waals surface area (Å²) in [4.78, 5) is 24.9. The van der Waals surface area contributed by atoms with Crippen LogP contribution < -0.4 is 11.1 Å². The lowest BCUT2D eigenvalue weighted by Gasteiger charge is -2.31. The van der Waals surface area contributed by atoms with Gasteiger partial charge in [0.05, 0.1) is 12.7 Å². The summed E-state index contributed by atoms with van der Waals surface area (Å²) in [5.41, 5.74) is 6.88. The number of rotatable bonds is 6. The Kier molecular flexibility index (Phi) is 6.19. The van der Waals surface area contributed by atoms with Crippen LogP contribution in [0.1, 0.15) is 24.1 Å². The number of carbonyl (C=O) groups is 2. The van der Waals surface area contributed by atoms with Crippen LogP contribution in [-0.2, 0) is 11.3 Å². The van der Waals surface area contributed by atoms with E-state index in [1.807, 2.05) is 41.4 Å². The van der Waals surface area contributed by atoms with E-state index in [4.69, 9.17) is 5.73 Å². The molecule has 3 N–H and O–H groups in total. The smallest absolute Gasteiger partial charge is 0.312 e. The Hall–Kier alpha value is -3.16. The zero-order valence-corrected chi connectivity index (χ0v) is 15.1. The van der Waals surface area contributed by atoms with Gasteiger partial charge in [0.25, 0.3) is 0 Å². The zero-order chi connectivity index (χ0) is 19.1. The third-order valence-corrected chi connectivity index (χ3v) is 4.63. The molecule has 8 nitrogen and oxygen atoms in total. The second-order valence-corrected chi connectivity index (χ2v) is 6.67. The number of nitrogens with one attached hydrogen (secondary N) is 1. The Morgan fingerprint density at radius 3 is 2.67 bits per heavy atom. The van der Waals surface area contributed by atoms with Crippen molar-refractivity contribution in [2.24, 2.45) is 11.7 Å². The third-order valence-electron chi connectivity index (χ3n) is 4.63. The summed E-state index contributed by atoms with van der Waals surface area (Å²) in [6.07, 6.45) is 6.76.